The van der Waals surface area contributed by atoms with Crippen molar-refractivity contribution in [3.63, 3.8) is 0 Å². The van der Waals surface area contributed by atoms with Crippen LogP contribution >= 0.6 is 0 Å². The molecule has 3 rings (SSSR count). The Morgan fingerprint density at radius 2 is 2.00 bits per heavy atom. The number of ether oxygens (including phenoxy) is 4. The summed E-state index contributed by atoms with van der Waals surface area (Å²) in [5, 5.41) is 0. The molecule has 0 aliphatic carbocycles. The Bertz CT molecular complexity index is 919. The average molecular weight is 402 g/mol. The number of hydrogen-bond donors (Lipinski definition) is 0. The molecule has 0 amide bonds. The minimum absolute atomic E-state index is 0.0521. The minimum atomic E-state index is -1.35. The van der Waals surface area contributed by atoms with E-state index >= 15 is 0 Å². The average Bonchev–Trinajstić information content (AvgIpc) is 3.08. The van der Waals surface area contributed by atoms with Crippen molar-refractivity contribution in [2.24, 2.45) is 5.92 Å². The van der Waals surface area contributed by atoms with Crippen LogP contribution in [0.25, 0.3) is 0 Å². The molecule has 0 aromatic heterocycles. The second-order valence-electron chi connectivity index (χ2n) is 7.50. The smallest absolute Gasteiger partial charge is 0.343 e. The zero-order valence-electron chi connectivity index (χ0n) is 16.7. The fourth-order valence-corrected chi connectivity index (χ4v) is 3.33. The highest BCUT2D eigenvalue weighted by Crippen LogP contribution is 2.42. The molecule has 29 heavy (non-hydrogen) atoms. The number of fused-ring (bicyclic) bond motifs is 3. The summed E-state index contributed by atoms with van der Waals surface area (Å²) in [5.74, 6) is -2.02. The Hall–Kier alpha value is -3.16. The van der Waals surface area contributed by atoms with Crippen LogP contribution < -0.4 is 0 Å². The third-order valence-corrected chi connectivity index (χ3v) is 4.93. The fourth-order valence-electron chi connectivity index (χ4n) is 3.33. The van der Waals surface area contributed by atoms with E-state index in [1.807, 2.05) is 6.92 Å². The number of carbonyl (C=O) groups is 4. The lowest BCUT2D eigenvalue weighted by Crippen LogP contribution is -2.31. The van der Waals surface area contributed by atoms with E-state index in [2.05, 4.69) is 6.58 Å². The maximum absolute atomic E-state index is 12.5. The first-order valence-electron chi connectivity index (χ1n) is 9.15. The molecule has 0 aromatic carbocycles. The molecule has 0 aromatic rings. The van der Waals surface area contributed by atoms with Crippen molar-refractivity contribution in [1.29, 1.82) is 0 Å². The second kappa shape index (κ2) is 7.35. The lowest BCUT2D eigenvalue weighted by molar-refractivity contribution is -0.144. The minimum Gasteiger partial charge on any atom is -0.479 e. The first kappa shape index (κ1) is 20.6. The number of hydrogen-bond acceptors (Lipinski definition) is 8. The van der Waals surface area contributed by atoms with Crippen molar-refractivity contribution in [2.75, 3.05) is 6.61 Å². The van der Waals surface area contributed by atoms with Crippen molar-refractivity contribution in [2.45, 2.75) is 45.8 Å². The zero-order chi connectivity index (χ0) is 21.5. The molecule has 0 saturated heterocycles. The molecule has 0 radical (unpaired) electrons. The molecular formula is C21H22O8. The topological polar surface area (TPSA) is 105 Å². The van der Waals surface area contributed by atoms with Crippen LogP contribution in [0.4, 0.5) is 0 Å². The van der Waals surface area contributed by atoms with Crippen LogP contribution in [-0.4, -0.2) is 42.0 Å². The summed E-state index contributed by atoms with van der Waals surface area (Å²) in [6.07, 6.45) is 2.14. The highest BCUT2D eigenvalue weighted by atomic mass is 16.6. The maximum atomic E-state index is 12.5. The van der Waals surface area contributed by atoms with Crippen molar-refractivity contribution in [1.82, 2.24) is 0 Å². The van der Waals surface area contributed by atoms with Crippen LogP contribution in [0.3, 0.4) is 0 Å². The largest absolute Gasteiger partial charge is 0.479 e. The third kappa shape index (κ3) is 3.87. The van der Waals surface area contributed by atoms with Gasteiger partial charge in [0.2, 0.25) is 5.78 Å². The molecule has 8 nitrogen and oxygen atoms in total. The van der Waals surface area contributed by atoms with Crippen LogP contribution in [-0.2, 0) is 38.1 Å². The van der Waals surface area contributed by atoms with E-state index in [0.29, 0.717) is 5.76 Å². The third-order valence-electron chi connectivity index (χ3n) is 4.93. The van der Waals surface area contributed by atoms with Gasteiger partial charge in [0, 0.05) is 36.1 Å². The van der Waals surface area contributed by atoms with Gasteiger partial charge in [-0.2, -0.15) is 0 Å². The van der Waals surface area contributed by atoms with Crippen LogP contribution in [0.5, 0.6) is 0 Å². The van der Waals surface area contributed by atoms with E-state index in [4.69, 9.17) is 18.9 Å². The summed E-state index contributed by atoms with van der Waals surface area (Å²) in [5.41, 5.74) is -0.840. The number of allylic oxidation sites excluding steroid dienone is 1. The standard InChI is InChI=1S/C21H22O8/c1-10(2)19(24)27-15-6-11(3)14-7-17(23)21(5,29-14)8-16-18(15)13(20(25)28-16)9-26-12(4)22/h7-8,11,15H,1,6,9H2,2-5H3/b16-8+/t11-,15-,21-/m0/s1. The lowest BCUT2D eigenvalue weighted by Gasteiger charge is -2.23. The number of esters is 3. The highest BCUT2D eigenvalue weighted by molar-refractivity contribution is 6.02. The van der Waals surface area contributed by atoms with Gasteiger partial charge in [-0.25, -0.2) is 9.59 Å². The molecule has 3 heterocycles. The second-order valence-corrected chi connectivity index (χ2v) is 7.50. The van der Waals surface area contributed by atoms with Crippen LogP contribution in [0.15, 0.2) is 47.0 Å². The maximum Gasteiger partial charge on any atom is 0.343 e. The van der Waals surface area contributed by atoms with E-state index in [1.165, 1.54) is 26.0 Å². The monoisotopic (exact) mass is 402 g/mol. The zero-order valence-corrected chi connectivity index (χ0v) is 16.7. The highest BCUT2D eigenvalue weighted by Gasteiger charge is 2.47. The van der Waals surface area contributed by atoms with E-state index in [0.717, 1.165) is 0 Å². The molecule has 0 unspecified atom stereocenters. The summed E-state index contributed by atoms with van der Waals surface area (Å²) >= 11 is 0. The Morgan fingerprint density at radius 1 is 1.31 bits per heavy atom. The SMILES string of the molecule is C=C(C)C(=O)O[C@H]1C[C@H](C)C2=CC(=O)[C@](C)(/C=C3/OC(=O)C(COC(C)=O)=C31)O2. The Kier molecular flexibility index (Phi) is 5.21. The van der Waals surface area contributed by atoms with Gasteiger partial charge in [-0.1, -0.05) is 13.5 Å². The molecule has 3 aliphatic rings. The molecule has 154 valence electrons. The van der Waals surface area contributed by atoms with Crippen molar-refractivity contribution in [3.05, 3.63) is 47.0 Å². The van der Waals surface area contributed by atoms with Gasteiger partial charge in [0.25, 0.3) is 0 Å². The molecule has 2 bridgehead atoms. The van der Waals surface area contributed by atoms with Crippen molar-refractivity contribution in [3.8, 4) is 0 Å². The van der Waals surface area contributed by atoms with Crippen LogP contribution in [0, 0.1) is 5.92 Å². The summed E-state index contributed by atoms with van der Waals surface area (Å²) < 4.78 is 21.8. The van der Waals surface area contributed by atoms with E-state index in [-0.39, 0.29) is 47.2 Å². The summed E-state index contributed by atoms with van der Waals surface area (Å²) in [7, 11) is 0. The molecule has 3 atom stereocenters. The summed E-state index contributed by atoms with van der Waals surface area (Å²) in [6.45, 7) is 9.35. The molecule has 0 saturated carbocycles. The Balaban J connectivity index is 2.14. The molecule has 8 heteroatoms. The quantitative estimate of drug-likeness (QED) is 0.400. The first-order valence-corrected chi connectivity index (χ1v) is 9.15. The molecule has 0 spiro atoms. The van der Waals surface area contributed by atoms with Crippen LogP contribution in [0.1, 0.15) is 34.1 Å². The summed E-state index contributed by atoms with van der Waals surface area (Å²) in [6, 6.07) is 0. The molecule has 0 N–H and O–H groups in total. The van der Waals surface area contributed by atoms with Gasteiger partial charge in [-0.3, -0.25) is 9.59 Å². The number of carbonyl (C=O) groups excluding carboxylic acids is 4. The number of ketones is 1. The van der Waals surface area contributed by atoms with Gasteiger partial charge < -0.3 is 18.9 Å². The predicted molar refractivity (Wildman–Crippen MR) is 98.9 cm³/mol. The summed E-state index contributed by atoms with van der Waals surface area (Å²) in [4.78, 5) is 48.5. The van der Waals surface area contributed by atoms with Crippen molar-refractivity contribution < 1.29 is 38.1 Å². The van der Waals surface area contributed by atoms with Crippen LogP contribution in [0.2, 0.25) is 0 Å². The first-order chi connectivity index (χ1) is 13.5. The van der Waals surface area contributed by atoms with Gasteiger partial charge in [-0.15, -0.1) is 0 Å². The predicted octanol–water partition coefficient (Wildman–Crippen LogP) is 2.06. The van der Waals surface area contributed by atoms with E-state index in [9.17, 15) is 19.2 Å². The lowest BCUT2D eigenvalue weighted by atomic mass is 9.90. The van der Waals surface area contributed by atoms with Gasteiger partial charge in [0.1, 0.15) is 24.2 Å². The van der Waals surface area contributed by atoms with E-state index < -0.39 is 29.6 Å². The van der Waals surface area contributed by atoms with Gasteiger partial charge >= 0.3 is 17.9 Å². The number of rotatable bonds is 4. The molecule has 0 fully saturated rings. The molecule has 3 aliphatic heterocycles. The van der Waals surface area contributed by atoms with Crippen molar-refractivity contribution >= 4 is 23.7 Å². The fraction of sp³-hybridized carbons (Fsp3) is 0.429. The normalized spacial score (nSPS) is 29.9. The van der Waals surface area contributed by atoms with Gasteiger partial charge in [0.15, 0.2) is 5.60 Å². The van der Waals surface area contributed by atoms with Gasteiger partial charge in [0.05, 0.1) is 5.57 Å². The van der Waals surface area contributed by atoms with Gasteiger partial charge in [-0.05, 0) is 20.3 Å². The molecular weight excluding hydrogens is 380 g/mol. The Labute approximate surface area is 167 Å². The Morgan fingerprint density at radius 3 is 2.62 bits per heavy atom. The van der Waals surface area contributed by atoms with E-state index in [1.54, 1.807) is 6.92 Å².